The molecule has 0 spiro atoms. The Morgan fingerprint density at radius 3 is 2.47 bits per heavy atom. The number of aromatic nitrogens is 2. The van der Waals surface area contributed by atoms with Crippen LogP contribution in [0.15, 0.2) is 42.6 Å². The molecule has 2 aromatic rings. The third-order valence-corrected chi connectivity index (χ3v) is 3.93. The lowest BCUT2D eigenvalue weighted by atomic mass is 9.88. The average molecular weight is 257 g/mol. The molecule has 0 saturated carbocycles. The van der Waals surface area contributed by atoms with Gasteiger partial charge in [-0.2, -0.15) is 5.10 Å². The average Bonchev–Trinajstić information content (AvgIpc) is 2.93. The van der Waals surface area contributed by atoms with Crippen molar-refractivity contribution in [3.05, 3.63) is 48.3 Å². The normalized spacial score (nSPS) is 19.5. The molecule has 3 rings (SSSR count). The quantitative estimate of drug-likeness (QED) is 0.891. The smallest absolute Gasteiger partial charge is 0.109 e. The highest BCUT2D eigenvalue weighted by atomic mass is 16.3. The number of nitrogens with zero attached hydrogens (tertiary/aromatic N) is 3. The van der Waals surface area contributed by atoms with E-state index in [1.807, 2.05) is 41.1 Å². The molecule has 1 aromatic heterocycles. The summed E-state index contributed by atoms with van der Waals surface area (Å²) >= 11 is 0. The van der Waals surface area contributed by atoms with Crippen molar-refractivity contribution in [2.75, 3.05) is 20.1 Å². The molecule has 0 bridgehead atoms. The molecule has 0 atom stereocenters. The summed E-state index contributed by atoms with van der Waals surface area (Å²) in [6, 6.07) is 11.9. The lowest BCUT2D eigenvalue weighted by molar-refractivity contribution is -0.0256. The molecule has 19 heavy (non-hydrogen) atoms. The van der Waals surface area contributed by atoms with Crippen LogP contribution < -0.4 is 0 Å². The molecule has 1 aliphatic rings. The van der Waals surface area contributed by atoms with Gasteiger partial charge in [0.2, 0.25) is 0 Å². The van der Waals surface area contributed by atoms with Crippen molar-refractivity contribution in [2.24, 2.45) is 0 Å². The number of hydrogen-bond donors (Lipinski definition) is 1. The number of likely N-dealkylation sites (tertiary alicyclic amines) is 1. The Kier molecular flexibility index (Phi) is 3.12. The summed E-state index contributed by atoms with van der Waals surface area (Å²) in [5.74, 6) is 0. The van der Waals surface area contributed by atoms with Crippen molar-refractivity contribution in [3.8, 4) is 5.69 Å². The number of hydrogen-bond acceptors (Lipinski definition) is 3. The highest BCUT2D eigenvalue weighted by Crippen LogP contribution is 2.33. The van der Waals surface area contributed by atoms with Gasteiger partial charge >= 0.3 is 0 Å². The van der Waals surface area contributed by atoms with E-state index in [2.05, 4.69) is 17.0 Å². The van der Waals surface area contributed by atoms with Crippen LogP contribution in [-0.4, -0.2) is 39.9 Å². The summed E-state index contributed by atoms with van der Waals surface area (Å²) in [7, 11) is 2.09. The van der Waals surface area contributed by atoms with Gasteiger partial charge in [0.25, 0.3) is 0 Å². The molecule has 1 saturated heterocycles. The van der Waals surface area contributed by atoms with Crippen LogP contribution in [0.2, 0.25) is 0 Å². The van der Waals surface area contributed by atoms with Gasteiger partial charge < -0.3 is 10.0 Å². The molecular formula is C15H19N3O. The Labute approximate surface area is 113 Å². The second-order valence-electron chi connectivity index (χ2n) is 5.30. The van der Waals surface area contributed by atoms with Crippen LogP contribution >= 0.6 is 0 Å². The van der Waals surface area contributed by atoms with Gasteiger partial charge in [-0.1, -0.05) is 18.2 Å². The molecule has 100 valence electrons. The van der Waals surface area contributed by atoms with E-state index in [4.69, 9.17) is 0 Å². The number of piperidine rings is 1. The first-order valence-electron chi connectivity index (χ1n) is 6.70. The first kappa shape index (κ1) is 12.4. The SMILES string of the molecule is CN1CCC(O)(c2ccnn2-c2ccccc2)CC1. The van der Waals surface area contributed by atoms with E-state index in [0.29, 0.717) is 0 Å². The molecule has 4 nitrogen and oxygen atoms in total. The number of para-hydroxylation sites is 1. The first-order valence-corrected chi connectivity index (χ1v) is 6.70. The maximum absolute atomic E-state index is 10.9. The standard InChI is InChI=1S/C15H19N3O/c1-17-11-8-15(19,9-12-17)14-7-10-16-18(14)13-5-3-2-4-6-13/h2-7,10,19H,8-9,11-12H2,1H3. The molecule has 0 amide bonds. The summed E-state index contributed by atoms with van der Waals surface area (Å²) in [6.07, 6.45) is 3.27. The molecule has 0 radical (unpaired) electrons. The lowest BCUT2D eigenvalue weighted by Crippen LogP contribution is -2.41. The van der Waals surface area contributed by atoms with E-state index in [-0.39, 0.29) is 0 Å². The van der Waals surface area contributed by atoms with Gasteiger partial charge in [-0.3, -0.25) is 0 Å². The Balaban J connectivity index is 1.96. The molecule has 2 heterocycles. The van der Waals surface area contributed by atoms with Gasteiger partial charge in [0.15, 0.2) is 0 Å². The fraction of sp³-hybridized carbons (Fsp3) is 0.400. The molecule has 1 aliphatic heterocycles. The lowest BCUT2D eigenvalue weighted by Gasteiger charge is -2.36. The number of rotatable bonds is 2. The first-order chi connectivity index (χ1) is 9.19. The Hall–Kier alpha value is -1.65. The van der Waals surface area contributed by atoms with Crippen LogP contribution in [0.3, 0.4) is 0 Å². The third kappa shape index (κ3) is 2.29. The van der Waals surface area contributed by atoms with E-state index >= 15 is 0 Å². The minimum atomic E-state index is -0.765. The van der Waals surface area contributed by atoms with E-state index < -0.39 is 5.60 Å². The number of aliphatic hydroxyl groups is 1. The zero-order valence-corrected chi connectivity index (χ0v) is 11.2. The minimum absolute atomic E-state index is 0.752. The van der Waals surface area contributed by atoms with Crippen molar-refractivity contribution in [1.29, 1.82) is 0 Å². The molecule has 0 aliphatic carbocycles. The van der Waals surface area contributed by atoms with Gasteiger partial charge in [0.05, 0.1) is 11.4 Å². The highest BCUT2D eigenvalue weighted by Gasteiger charge is 2.35. The van der Waals surface area contributed by atoms with Crippen LogP contribution in [0.25, 0.3) is 5.69 Å². The van der Waals surface area contributed by atoms with Crippen molar-refractivity contribution >= 4 is 0 Å². The molecular weight excluding hydrogens is 238 g/mol. The fourth-order valence-electron chi connectivity index (χ4n) is 2.68. The van der Waals surface area contributed by atoms with Crippen LogP contribution in [-0.2, 0) is 5.60 Å². The molecule has 1 fully saturated rings. The van der Waals surface area contributed by atoms with E-state index in [1.54, 1.807) is 6.20 Å². The Morgan fingerprint density at radius 1 is 1.11 bits per heavy atom. The van der Waals surface area contributed by atoms with Gasteiger partial charge in [0.1, 0.15) is 5.60 Å². The summed E-state index contributed by atoms with van der Waals surface area (Å²) in [5.41, 5.74) is 1.13. The van der Waals surface area contributed by atoms with E-state index in [0.717, 1.165) is 37.3 Å². The van der Waals surface area contributed by atoms with E-state index in [9.17, 15) is 5.11 Å². The van der Waals surface area contributed by atoms with Crippen molar-refractivity contribution in [1.82, 2.24) is 14.7 Å². The summed E-state index contributed by atoms with van der Waals surface area (Å²) in [6.45, 7) is 1.83. The predicted octanol–water partition coefficient (Wildman–Crippen LogP) is 1.79. The topological polar surface area (TPSA) is 41.3 Å². The van der Waals surface area contributed by atoms with Gasteiger partial charge in [-0.25, -0.2) is 4.68 Å². The number of benzene rings is 1. The van der Waals surface area contributed by atoms with Crippen molar-refractivity contribution < 1.29 is 5.11 Å². The molecule has 1 aromatic carbocycles. The summed E-state index contributed by atoms with van der Waals surface area (Å²) in [5, 5.41) is 15.3. The van der Waals surface area contributed by atoms with Crippen molar-refractivity contribution in [2.45, 2.75) is 18.4 Å². The van der Waals surface area contributed by atoms with Crippen molar-refractivity contribution in [3.63, 3.8) is 0 Å². The second-order valence-corrected chi connectivity index (χ2v) is 5.30. The van der Waals surface area contributed by atoms with E-state index in [1.165, 1.54) is 0 Å². The zero-order chi connectivity index (χ0) is 13.3. The highest BCUT2D eigenvalue weighted by molar-refractivity contribution is 5.34. The van der Waals surface area contributed by atoms with Crippen LogP contribution in [0.5, 0.6) is 0 Å². The van der Waals surface area contributed by atoms with Crippen LogP contribution in [0.1, 0.15) is 18.5 Å². The maximum atomic E-state index is 10.9. The largest absolute Gasteiger partial charge is 0.383 e. The summed E-state index contributed by atoms with van der Waals surface area (Å²) < 4.78 is 1.85. The summed E-state index contributed by atoms with van der Waals surface area (Å²) in [4.78, 5) is 2.25. The fourth-order valence-corrected chi connectivity index (χ4v) is 2.68. The second kappa shape index (κ2) is 4.79. The Morgan fingerprint density at radius 2 is 1.79 bits per heavy atom. The molecule has 0 unspecified atom stereocenters. The monoisotopic (exact) mass is 257 g/mol. The van der Waals surface area contributed by atoms with Gasteiger partial charge in [0, 0.05) is 19.3 Å². The molecule has 1 N–H and O–H groups in total. The molecule has 4 heteroatoms. The minimum Gasteiger partial charge on any atom is -0.383 e. The van der Waals surface area contributed by atoms with Gasteiger partial charge in [-0.05, 0) is 38.1 Å². The maximum Gasteiger partial charge on any atom is 0.109 e. The van der Waals surface area contributed by atoms with Gasteiger partial charge in [-0.15, -0.1) is 0 Å². The third-order valence-electron chi connectivity index (χ3n) is 3.93. The van der Waals surface area contributed by atoms with Crippen LogP contribution in [0, 0.1) is 0 Å². The zero-order valence-electron chi connectivity index (χ0n) is 11.2. The Bertz CT molecular complexity index is 542. The van der Waals surface area contributed by atoms with Crippen LogP contribution in [0.4, 0.5) is 0 Å². The predicted molar refractivity (Wildman–Crippen MR) is 74.2 cm³/mol.